The highest BCUT2D eigenvalue weighted by molar-refractivity contribution is 6.31. The van der Waals surface area contributed by atoms with E-state index in [-0.39, 0.29) is 10.6 Å². The lowest BCUT2D eigenvalue weighted by Crippen LogP contribution is -1.94. The molecule has 0 aromatic heterocycles. The minimum atomic E-state index is -0.882. The second-order valence-corrected chi connectivity index (χ2v) is 2.78. The molecule has 0 spiro atoms. The molecule has 0 unspecified atom stereocenters. The molecular weight excluding hydrogens is 183 g/mol. The first-order valence-electron chi connectivity index (χ1n) is 3.21. The van der Waals surface area contributed by atoms with Crippen molar-refractivity contribution >= 4 is 17.4 Å². The predicted octanol–water partition coefficient (Wildman–Crippen LogP) is 2.39. The van der Waals surface area contributed by atoms with Gasteiger partial charge in [0.1, 0.15) is 0 Å². The van der Waals surface area contributed by atoms with E-state index in [0.29, 0.717) is 0 Å². The number of hydrogen-bond donors (Lipinski definition) is 1. The van der Waals surface area contributed by atoms with Crippen molar-refractivity contribution in [3.8, 4) is 5.75 Å². The fraction of sp³-hybridized carbons (Fsp3) is 0.125. The van der Waals surface area contributed by atoms with E-state index >= 15 is 0 Å². The highest BCUT2D eigenvalue weighted by atomic mass is 35.5. The minimum absolute atomic E-state index is 0.0931. The number of carbonyl (C=O) groups excluding carboxylic acids is 1. The normalized spacial score (nSPS) is 9.92. The average molecular weight is 189 g/mol. The van der Waals surface area contributed by atoms with Gasteiger partial charge in [-0.2, -0.15) is 0 Å². The number of halogens is 2. The van der Waals surface area contributed by atoms with Gasteiger partial charge in [-0.05, 0) is 19.1 Å². The Morgan fingerprint density at radius 3 is 2.67 bits per heavy atom. The molecule has 1 rings (SSSR count). The van der Waals surface area contributed by atoms with Crippen LogP contribution in [-0.4, -0.2) is 10.9 Å². The van der Waals surface area contributed by atoms with E-state index in [2.05, 4.69) is 0 Å². The quantitative estimate of drug-likeness (QED) is 0.687. The molecule has 64 valence electrons. The Kier molecular flexibility index (Phi) is 2.33. The van der Waals surface area contributed by atoms with Gasteiger partial charge in [-0.15, -0.1) is 0 Å². The van der Waals surface area contributed by atoms with Gasteiger partial charge < -0.3 is 5.11 Å². The molecule has 0 aliphatic rings. The van der Waals surface area contributed by atoms with Crippen LogP contribution in [0.15, 0.2) is 12.1 Å². The number of ketones is 1. The molecule has 0 aliphatic carbocycles. The van der Waals surface area contributed by atoms with Crippen molar-refractivity contribution in [3.63, 3.8) is 0 Å². The maximum Gasteiger partial charge on any atom is 0.167 e. The van der Waals surface area contributed by atoms with Crippen molar-refractivity contribution in [3.05, 3.63) is 28.5 Å². The number of carbonyl (C=O) groups is 1. The summed E-state index contributed by atoms with van der Waals surface area (Å²) in [5, 5.41) is 9.13. The van der Waals surface area contributed by atoms with Crippen molar-refractivity contribution < 1.29 is 14.3 Å². The Morgan fingerprint density at radius 1 is 1.58 bits per heavy atom. The standard InChI is InChI=1S/C8H6ClFO2/c1-4(11)6-2-5(9)3-7(10)8(6)12/h2-3,12H,1H3. The third-order valence-electron chi connectivity index (χ3n) is 1.41. The minimum Gasteiger partial charge on any atom is -0.504 e. The second kappa shape index (κ2) is 3.11. The predicted molar refractivity (Wildman–Crippen MR) is 43.1 cm³/mol. The highest BCUT2D eigenvalue weighted by Gasteiger charge is 2.12. The van der Waals surface area contributed by atoms with E-state index in [1.807, 2.05) is 0 Å². The van der Waals surface area contributed by atoms with Gasteiger partial charge in [0.05, 0.1) is 5.56 Å². The summed E-state index contributed by atoms with van der Waals surface area (Å²) in [4.78, 5) is 10.8. The van der Waals surface area contributed by atoms with E-state index < -0.39 is 17.3 Å². The van der Waals surface area contributed by atoms with E-state index in [1.165, 1.54) is 13.0 Å². The Balaban J connectivity index is 3.37. The molecule has 0 saturated heterocycles. The Morgan fingerprint density at radius 2 is 2.17 bits per heavy atom. The van der Waals surface area contributed by atoms with Crippen molar-refractivity contribution in [2.24, 2.45) is 0 Å². The zero-order valence-corrected chi connectivity index (χ0v) is 7.02. The van der Waals surface area contributed by atoms with Gasteiger partial charge in [-0.25, -0.2) is 4.39 Å². The van der Waals surface area contributed by atoms with E-state index in [0.717, 1.165) is 6.07 Å². The first-order chi connectivity index (χ1) is 5.52. The third kappa shape index (κ3) is 1.56. The van der Waals surface area contributed by atoms with Crippen molar-refractivity contribution in [1.82, 2.24) is 0 Å². The van der Waals surface area contributed by atoms with E-state index in [9.17, 15) is 9.18 Å². The summed E-state index contributed by atoms with van der Waals surface area (Å²) in [5.74, 6) is -1.95. The van der Waals surface area contributed by atoms with Crippen molar-refractivity contribution in [1.29, 1.82) is 0 Å². The average Bonchev–Trinajstić information content (AvgIpc) is 1.96. The Labute approximate surface area is 73.6 Å². The molecule has 12 heavy (non-hydrogen) atoms. The van der Waals surface area contributed by atoms with Crippen LogP contribution < -0.4 is 0 Å². The fourth-order valence-corrected chi connectivity index (χ4v) is 1.04. The lowest BCUT2D eigenvalue weighted by Gasteiger charge is -2.01. The van der Waals surface area contributed by atoms with Gasteiger partial charge in [-0.1, -0.05) is 11.6 Å². The van der Waals surface area contributed by atoms with Crippen LogP contribution in [0, 0.1) is 5.82 Å². The number of rotatable bonds is 1. The van der Waals surface area contributed by atoms with E-state index in [4.69, 9.17) is 16.7 Å². The van der Waals surface area contributed by atoms with Crippen LogP contribution in [0.4, 0.5) is 4.39 Å². The lowest BCUT2D eigenvalue weighted by atomic mass is 10.1. The number of Topliss-reactive ketones (excluding diaryl/α,β-unsaturated/α-hetero) is 1. The van der Waals surface area contributed by atoms with Gasteiger partial charge in [0.15, 0.2) is 17.3 Å². The first-order valence-corrected chi connectivity index (χ1v) is 3.59. The SMILES string of the molecule is CC(=O)c1cc(Cl)cc(F)c1O. The molecule has 0 aliphatic heterocycles. The van der Waals surface area contributed by atoms with Gasteiger partial charge >= 0.3 is 0 Å². The van der Waals surface area contributed by atoms with Gasteiger partial charge in [0.25, 0.3) is 0 Å². The van der Waals surface area contributed by atoms with Crippen molar-refractivity contribution in [2.75, 3.05) is 0 Å². The summed E-state index contributed by atoms with van der Waals surface area (Å²) in [6.45, 7) is 1.23. The molecule has 0 bridgehead atoms. The van der Waals surface area contributed by atoms with Crippen LogP contribution in [-0.2, 0) is 0 Å². The number of phenolic OH excluding ortho intramolecular Hbond substituents is 1. The highest BCUT2D eigenvalue weighted by Crippen LogP contribution is 2.25. The number of benzene rings is 1. The summed E-state index contributed by atoms with van der Waals surface area (Å²) in [5.41, 5.74) is -0.0972. The zero-order valence-electron chi connectivity index (χ0n) is 6.27. The van der Waals surface area contributed by atoms with Crippen LogP contribution in [0.2, 0.25) is 5.02 Å². The molecule has 0 amide bonds. The van der Waals surface area contributed by atoms with Crippen LogP contribution in [0.5, 0.6) is 5.75 Å². The monoisotopic (exact) mass is 188 g/mol. The molecule has 2 nitrogen and oxygen atoms in total. The second-order valence-electron chi connectivity index (χ2n) is 2.34. The molecule has 0 atom stereocenters. The molecule has 1 aromatic rings. The summed E-state index contributed by atoms with van der Waals surface area (Å²) in [6.07, 6.45) is 0. The molecular formula is C8H6ClFO2. The smallest absolute Gasteiger partial charge is 0.167 e. The Bertz CT molecular complexity index is 336. The molecule has 0 heterocycles. The summed E-state index contributed by atoms with van der Waals surface area (Å²) in [7, 11) is 0. The Hall–Kier alpha value is -1.09. The van der Waals surface area contributed by atoms with Gasteiger partial charge in [0, 0.05) is 5.02 Å². The maximum atomic E-state index is 12.7. The van der Waals surface area contributed by atoms with Crippen LogP contribution in [0.3, 0.4) is 0 Å². The fourth-order valence-electron chi connectivity index (χ4n) is 0.834. The molecule has 1 N–H and O–H groups in total. The van der Waals surface area contributed by atoms with Gasteiger partial charge in [-0.3, -0.25) is 4.79 Å². The largest absolute Gasteiger partial charge is 0.504 e. The third-order valence-corrected chi connectivity index (χ3v) is 1.63. The zero-order chi connectivity index (χ0) is 9.30. The van der Waals surface area contributed by atoms with Crippen LogP contribution >= 0.6 is 11.6 Å². The number of aromatic hydroxyl groups is 1. The topological polar surface area (TPSA) is 37.3 Å². The van der Waals surface area contributed by atoms with Crippen LogP contribution in [0.1, 0.15) is 17.3 Å². The van der Waals surface area contributed by atoms with Gasteiger partial charge in [0.2, 0.25) is 0 Å². The molecule has 0 fully saturated rings. The molecule has 4 heteroatoms. The maximum absolute atomic E-state index is 12.7. The number of phenols is 1. The molecule has 1 aromatic carbocycles. The summed E-state index contributed by atoms with van der Waals surface area (Å²) in [6, 6.07) is 2.17. The van der Waals surface area contributed by atoms with Crippen molar-refractivity contribution in [2.45, 2.75) is 6.92 Å². The number of hydrogen-bond acceptors (Lipinski definition) is 2. The molecule has 0 radical (unpaired) electrons. The summed E-state index contributed by atoms with van der Waals surface area (Å²) >= 11 is 5.46. The first kappa shape index (κ1) is 9.00. The van der Waals surface area contributed by atoms with E-state index in [1.54, 1.807) is 0 Å². The molecule has 0 saturated carbocycles. The van der Waals surface area contributed by atoms with Crippen LogP contribution in [0.25, 0.3) is 0 Å². The lowest BCUT2D eigenvalue weighted by molar-refractivity contribution is 0.101. The summed E-state index contributed by atoms with van der Waals surface area (Å²) < 4.78 is 12.7.